The minimum atomic E-state index is -0.156. The van der Waals surface area contributed by atoms with Crippen LogP contribution in [0.5, 0.6) is 0 Å². The van der Waals surface area contributed by atoms with Gasteiger partial charge in [0.15, 0.2) is 0 Å². The van der Waals surface area contributed by atoms with Crippen LogP contribution in [0.4, 0.5) is 0 Å². The van der Waals surface area contributed by atoms with Crippen LogP contribution in [0.1, 0.15) is 31.7 Å². The molecule has 0 aliphatic carbocycles. The second kappa shape index (κ2) is 3.45. The Bertz CT molecular complexity index is 333. The fraction of sp³-hybridized carbons (Fsp3) is 0.417. The van der Waals surface area contributed by atoms with Crippen molar-refractivity contribution in [3.63, 3.8) is 0 Å². The molecule has 0 bridgehead atoms. The maximum Gasteiger partial charge on any atom is 0.220 e. The van der Waals surface area contributed by atoms with Gasteiger partial charge in [-0.05, 0) is 25.3 Å². The summed E-state index contributed by atoms with van der Waals surface area (Å²) in [5.74, 6) is 0.169. The predicted molar refractivity (Wildman–Crippen MR) is 55.8 cm³/mol. The Morgan fingerprint density at radius 1 is 1.29 bits per heavy atom. The molecule has 1 amide bonds. The number of nitrogens with one attached hydrogen (secondary N) is 1. The number of carbonyl (C=O) groups excluding carboxylic acids is 1. The maximum absolute atomic E-state index is 11.3. The van der Waals surface area contributed by atoms with Crippen LogP contribution in [0.15, 0.2) is 30.3 Å². The molecule has 1 N–H and O–H groups in total. The van der Waals surface area contributed by atoms with E-state index in [0.29, 0.717) is 6.42 Å². The van der Waals surface area contributed by atoms with Crippen molar-refractivity contribution in [2.24, 2.45) is 0 Å². The van der Waals surface area contributed by atoms with Gasteiger partial charge in [0.1, 0.15) is 0 Å². The average Bonchev–Trinajstić information content (AvgIpc) is 2.19. The third-order valence-corrected chi connectivity index (χ3v) is 2.91. The van der Waals surface area contributed by atoms with Gasteiger partial charge in [0, 0.05) is 6.42 Å². The van der Waals surface area contributed by atoms with Gasteiger partial charge < -0.3 is 5.32 Å². The Kier molecular flexibility index (Phi) is 2.28. The quantitative estimate of drug-likeness (QED) is 0.721. The fourth-order valence-electron chi connectivity index (χ4n) is 2.06. The molecular formula is C12H15NO. The Balaban J connectivity index is 2.27. The second-order valence-corrected chi connectivity index (χ2v) is 4.10. The van der Waals surface area contributed by atoms with Crippen LogP contribution < -0.4 is 5.32 Å². The summed E-state index contributed by atoms with van der Waals surface area (Å²) in [5.41, 5.74) is 1.05. The number of rotatable bonds is 1. The second-order valence-electron chi connectivity index (χ2n) is 4.10. The zero-order valence-corrected chi connectivity index (χ0v) is 8.42. The third-order valence-electron chi connectivity index (χ3n) is 2.91. The number of piperidine rings is 1. The molecule has 2 heteroatoms. The zero-order chi connectivity index (χ0) is 10.0. The Hall–Kier alpha value is -1.31. The van der Waals surface area contributed by atoms with Gasteiger partial charge in [0.05, 0.1) is 5.54 Å². The lowest BCUT2D eigenvalue weighted by Crippen LogP contribution is -2.46. The van der Waals surface area contributed by atoms with Gasteiger partial charge >= 0.3 is 0 Å². The largest absolute Gasteiger partial charge is 0.347 e. The van der Waals surface area contributed by atoms with Crippen LogP contribution in [-0.4, -0.2) is 5.91 Å². The first kappa shape index (κ1) is 9.25. The van der Waals surface area contributed by atoms with Crippen LogP contribution in [0.25, 0.3) is 0 Å². The van der Waals surface area contributed by atoms with Gasteiger partial charge in [-0.2, -0.15) is 0 Å². The van der Waals surface area contributed by atoms with Crippen molar-refractivity contribution in [1.82, 2.24) is 5.32 Å². The highest BCUT2D eigenvalue weighted by molar-refractivity contribution is 5.77. The lowest BCUT2D eigenvalue weighted by Gasteiger charge is -2.35. The Morgan fingerprint density at radius 2 is 2.00 bits per heavy atom. The molecule has 0 radical (unpaired) electrons. The van der Waals surface area contributed by atoms with Crippen LogP contribution in [-0.2, 0) is 10.3 Å². The van der Waals surface area contributed by atoms with Gasteiger partial charge in [-0.3, -0.25) is 4.79 Å². The van der Waals surface area contributed by atoms with Crippen molar-refractivity contribution in [2.45, 2.75) is 31.7 Å². The summed E-state index contributed by atoms with van der Waals surface area (Å²) in [5, 5.41) is 3.07. The van der Waals surface area contributed by atoms with E-state index in [1.165, 1.54) is 5.56 Å². The predicted octanol–water partition coefficient (Wildman–Crippen LogP) is 2.20. The van der Waals surface area contributed by atoms with E-state index in [2.05, 4.69) is 24.4 Å². The molecule has 14 heavy (non-hydrogen) atoms. The topological polar surface area (TPSA) is 29.1 Å². The van der Waals surface area contributed by atoms with Crippen molar-refractivity contribution < 1.29 is 4.79 Å². The summed E-state index contributed by atoms with van der Waals surface area (Å²) < 4.78 is 0. The van der Waals surface area contributed by atoms with E-state index in [9.17, 15) is 4.79 Å². The Morgan fingerprint density at radius 3 is 2.64 bits per heavy atom. The lowest BCUT2D eigenvalue weighted by molar-refractivity contribution is -0.125. The third kappa shape index (κ3) is 1.65. The summed E-state index contributed by atoms with van der Waals surface area (Å²) in [6.07, 6.45) is 2.68. The van der Waals surface area contributed by atoms with Gasteiger partial charge in [0.2, 0.25) is 5.91 Å². The molecule has 1 heterocycles. The minimum absolute atomic E-state index is 0.156. The molecule has 0 aromatic heterocycles. The van der Waals surface area contributed by atoms with E-state index in [4.69, 9.17) is 0 Å². The van der Waals surface area contributed by atoms with E-state index < -0.39 is 0 Å². The van der Waals surface area contributed by atoms with Crippen LogP contribution in [0.3, 0.4) is 0 Å². The van der Waals surface area contributed by atoms with Crippen LogP contribution >= 0.6 is 0 Å². The molecule has 74 valence electrons. The van der Waals surface area contributed by atoms with Gasteiger partial charge in [-0.15, -0.1) is 0 Å². The highest BCUT2D eigenvalue weighted by Crippen LogP contribution is 2.29. The SMILES string of the molecule is CC1(c2ccccc2)CCCC(=O)N1. The first-order valence-electron chi connectivity index (χ1n) is 5.07. The molecule has 1 aromatic rings. The van der Waals surface area contributed by atoms with Crippen LogP contribution in [0.2, 0.25) is 0 Å². The fourth-order valence-corrected chi connectivity index (χ4v) is 2.06. The number of hydrogen-bond acceptors (Lipinski definition) is 1. The zero-order valence-electron chi connectivity index (χ0n) is 8.42. The van der Waals surface area contributed by atoms with Crippen molar-refractivity contribution in [2.75, 3.05) is 0 Å². The standard InChI is InChI=1S/C12H15NO/c1-12(9-5-8-11(14)13-12)10-6-3-2-4-7-10/h2-4,6-7H,5,8-9H2,1H3,(H,13,14). The number of hydrogen-bond donors (Lipinski definition) is 1. The summed E-state index contributed by atoms with van der Waals surface area (Å²) in [4.78, 5) is 11.3. The molecule has 1 atom stereocenters. The monoisotopic (exact) mass is 189 g/mol. The first-order chi connectivity index (χ1) is 6.71. The lowest BCUT2D eigenvalue weighted by atomic mass is 9.84. The van der Waals surface area contributed by atoms with E-state index in [1.54, 1.807) is 0 Å². The van der Waals surface area contributed by atoms with Crippen molar-refractivity contribution >= 4 is 5.91 Å². The first-order valence-corrected chi connectivity index (χ1v) is 5.07. The molecule has 2 rings (SSSR count). The molecule has 1 aliphatic rings. The van der Waals surface area contributed by atoms with E-state index in [1.807, 2.05) is 18.2 Å². The van der Waals surface area contributed by atoms with Crippen molar-refractivity contribution in [3.8, 4) is 0 Å². The minimum Gasteiger partial charge on any atom is -0.347 e. The number of amides is 1. The molecule has 1 aromatic carbocycles. The van der Waals surface area contributed by atoms with Gasteiger partial charge in [-0.25, -0.2) is 0 Å². The smallest absolute Gasteiger partial charge is 0.220 e. The normalized spacial score (nSPS) is 27.1. The number of carbonyl (C=O) groups is 1. The summed E-state index contributed by atoms with van der Waals surface area (Å²) >= 11 is 0. The molecule has 2 nitrogen and oxygen atoms in total. The van der Waals surface area contributed by atoms with E-state index >= 15 is 0 Å². The maximum atomic E-state index is 11.3. The highest BCUT2D eigenvalue weighted by Gasteiger charge is 2.31. The van der Waals surface area contributed by atoms with Crippen molar-refractivity contribution in [1.29, 1.82) is 0 Å². The van der Waals surface area contributed by atoms with E-state index in [0.717, 1.165) is 12.8 Å². The molecular weight excluding hydrogens is 174 g/mol. The van der Waals surface area contributed by atoms with Gasteiger partial charge in [0.25, 0.3) is 0 Å². The van der Waals surface area contributed by atoms with Crippen molar-refractivity contribution in [3.05, 3.63) is 35.9 Å². The van der Waals surface area contributed by atoms with E-state index in [-0.39, 0.29) is 11.4 Å². The molecule has 1 saturated heterocycles. The molecule has 1 unspecified atom stereocenters. The molecule has 0 saturated carbocycles. The van der Waals surface area contributed by atoms with Gasteiger partial charge in [-0.1, -0.05) is 30.3 Å². The molecule has 1 fully saturated rings. The summed E-state index contributed by atoms with van der Waals surface area (Å²) in [6.45, 7) is 2.10. The summed E-state index contributed by atoms with van der Waals surface area (Å²) in [7, 11) is 0. The average molecular weight is 189 g/mol. The molecule has 0 spiro atoms. The Labute approximate surface area is 84.3 Å². The van der Waals surface area contributed by atoms with Crippen LogP contribution in [0, 0.1) is 0 Å². The highest BCUT2D eigenvalue weighted by atomic mass is 16.1. The molecule has 1 aliphatic heterocycles. The summed E-state index contributed by atoms with van der Waals surface area (Å²) in [6, 6.07) is 10.2. The number of benzene rings is 1.